The number of benzene rings is 2. The van der Waals surface area contributed by atoms with Crippen molar-refractivity contribution in [1.29, 1.82) is 0 Å². The molecule has 4 nitrogen and oxygen atoms in total. The van der Waals surface area contributed by atoms with Gasteiger partial charge in [0.1, 0.15) is 5.82 Å². The molecule has 2 aromatic carbocycles. The van der Waals surface area contributed by atoms with Crippen LogP contribution in [0.4, 0.5) is 4.39 Å². The third-order valence-corrected chi connectivity index (χ3v) is 3.90. The van der Waals surface area contributed by atoms with Crippen molar-refractivity contribution in [3.8, 4) is 0 Å². The molecule has 0 radical (unpaired) electrons. The van der Waals surface area contributed by atoms with Crippen molar-refractivity contribution >= 4 is 5.96 Å². The van der Waals surface area contributed by atoms with Gasteiger partial charge in [0.25, 0.3) is 0 Å². The fraction of sp³-hybridized carbons (Fsp3) is 0.381. The number of guanidine groups is 1. The van der Waals surface area contributed by atoms with Crippen LogP contribution in [0.15, 0.2) is 53.5 Å². The van der Waals surface area contributed by atoms with Crippen LogP contribution in [0, 0.1) is 5.82 Å². The molecule has 0 aliphatic rings. The normalized spacial score (nSPS) is 11.7. The van der Waals surface area contributed by atoms with Gasteiger partial charge in [0.05, 0.1) is 12.7 Å². The van der Waals surface area contributed by atoms with Crippen LogP contribution < -0.4 is 10.6 Å². The van der Waals surface area contributed by atoms with Crippen molar-refractivity contribution in [2.75, 3.05) is 13.6 Å². The van der Waals surface area contributed by atoms with E-state index in [9.17, 15) is 4.39 Å². The number of rotatable bonds is 8. The largest absolute Gasteiger partial charge is 0.374 e. The number of halogens is 1. The molecular weight excluding hydrogens is 329 g/mol. The summed E-state index contributed by atoms with van der Waals surface area (Å²) in [5.74, 6) is 0.530. The highest BCUT2D eigenvalue weighted by molar-refractivity contribution is 5.79. The van der Waals surface area contributed by atoms with E-state index in [1.165, 1.54) is 6.07 Å². The summed E-state index contributed by atoms with van der Waals surface area (Å²) in [5.41, 5.74) is 3.01. The lowest BCUT2D eigenvalue weighted by molar-refractivity contribution is 0.0657. The number of nitrogens with zero attached hydrogens (tertiary/aromatic N) is 1. The Morgan fingerprint density at radius 3 is 2.58 bits per heavy atom. The average molecular weight is 357 g/mol. The van der Waals surface area contributed by atoms with Gasteiger partial charge in [-0.3, -0.25) is 4.99 Å². The van der Waals surface area contributed by atoms with Gasteiger partial charge in [-0.2, -0.15) is 0 Å². The number of nitrogens with one attached hydrogen (secondary N) is 2. The molecule has 5 heteroatoms. The van der Waals surface area contributed by atoms with Gasteiger partial charge in [0.15, 0.2) is 5.96 Å². The number of hydrogen-bond donors (Lipinski definition) is 2. The first-order chi connectivity index (χ1) is 12.6. The second-order valence-electron chi connectivity index (χ2n) is 6.37. The van der Waals surface area contributed by atoms with E-state index in [-0.39, 0.29) is 11.9 Å². The number of hydrogen-bond acceptors (Lipinski definition) is 2. The highest BCUT2D eigenvalue weighted by atomic mass is 19.1. The van der Waals surface area contributed by atoms with E-state index in [0.717, 1.165) is 11.1 Å². The summed E-state index contributed by atoms with van der Waals surface area (Å²) in [5, 5.41) is 6.50. The predicted octanol–water partition coefficient (Wildman–Crippen LogP) is 3.66. The van der Waals surface area contributed by atoms with E-state index < -0.39 is 0 Å². The van der Waals surface area contributed by atoms with Gasteiger partial charge in [0.2, 0.25) is 0 Å². The van der Waals surface area contributed by atoms with Gasteiger partial charge >= 0.3 is 0 Å². The Labute approximate surface area is 155 Å². The van der Waals surface area contributed by atoms with E-state index in [2.05, 4.69) is 33.8 Å². The summed E-state index contributed by atoms with van der Waals surface area (Å²) in [6, 6.07) is 15.1. The van der Waals surface area contributed by atoms with Gasteiger partial charge < -0.3 is 15.4 Å². The molecule has 2 rings (SSSR count). The Kier molecular flexibility index (Phi) is 8.09. The lowest BCUT2D eigenvalue weighted by Crippen LogP contribution is -2.37. The highest BCUT2D eigenvalue weighted by Gasteiger charge is 2.03. The van der Waals surface area contributed by atoms with E-state index in [1.807, 2.05) is 26.0 Å². The molecule has 0 bridgehead atoms. The number of aliphatic imine (C=N–C) groups is 1. The molecule has 26 heavy (non-hydrogen) atoms. The molecular formula is C21H28FN3O. The van der Waals surface area contributed by atoms with Crippen LogP contribution in [0.3, 0.4) is 0 Å². The van der Waals surface area contributed by atoms with Crippen LogP contribution in [-0.4, -0.2) is 25.7 Å². The molecule has 0 spiro atoms. The minimum absolute atomic E-state index is 0.169. The Hall–Kier alpha value is -2.40. The first kappa shape index (κ1) is 19.9. The molecule has 2 N–H and O–H groups in total. The third-order valence-electron chi connectivity index (χ3n) is 3.90. The van der Waals surface area contributed by atoms with Crippen LogP contribution in [0.5, 0.6) is 0 Å². The van der Waals surface area contributed by atoms with Crippen molar-refractivity contribution in [3.63, 3.8) is 0 Å². The summed E-state index contributed by atoms with van der Waals surface area (Å²) in [7, 11) is 1.73. The lowest BCUT2D eigenvalue weighted by atomic mass is 10.1. The second kappa shape index (κ2) is 10.6. The zero-order valence-corrected chi connectivity index (χ0v) is 15.8. The van der Waals surface area contributed by atoms with Crippen molar-refractivity contribution in [2.45, 2.75) is 39.5 Å². The topological polar surface area (TPSA) is 45.7 Å². The van der Waals surface area contributed by atoms with Gasteiger partial charge in [0, 0.05) is 20.1 Å². The van der Waals surface area contributed by atoms with Crippen LogP contribution >= 0.6 is 0 Å². The van der Waals surface area contributed by atoms with Crippen LogP contribution in [0.1, 0.15) is 30.5 Å². The third kappa shape index (κ3) is 6.84. The monoisotopic (exact) mass is 357 g/mol. The molecule has 0 unspecified atom stereocenters. The van der Waals surface area contributed by atoms with Gasteiger partial charge in [-0.15, -0.1) is 0 Å². The van der Waals surface area contributed by atoms with Crippen molar-refractivity contribution in [2.24, 2.45) is 4.99 Å². The standard InChI is InChI=1S/C21H28FN3O/c1-16(2)26-15-18-8-6-7-17(13-18)14-25-21(23-3)24-12-11-19-9-4-5-10-20(19)22/h4-10,13,16H,11-12,14-15H2,1-3H3,(H2,23,24,25). The molecule has 0 aliphatic carbocycles. The minimum Gasteiger partial charge on any atom is -0.374 e. The molecule has 0 heterocycles. The SMILES string of the molecule is CN=C(NCCc1ccccc1F)NCc1cccc(COC(C)C)c1. The quantitative estimate of drug-likeness (QED) is 0.560. The van der Waals surface area contributed by atoms with Crippen LogP contribution in [0.2, 0.25) is 0 Å². The van der Waals surface area contributed by atoms with Gasteiger partial charge in [-0.25, -0.2) is 4.39 Å². The van der Waals surface area contributed by atoms with Crippen molar-refractivity contribution in [3.05, 3.63) is 71.0 Å². The average Bonchev–Trinajstić information content (AvgIpc) is 2.64. The molecule has 0 aliphatic heterocycles. The predicted molar refractivity (Wildman–Crippen MR) is 105 cm³/mol. The van der Waals surface area contributed by atoms with E-state index >= 15 is 0 Å². The van der Waals surface area contributed by atoms with Gasteiger partial charge in [-0.1, -0.05) is 42.5 Å². The van der Waals surface area contributed by atoms with Crippen molar-refractivity contribution in [1.82, 2.24) is 10.6 Å². The molecule has 0 saturated heterocycles. The Morgan fingerprint density at radius 2 is 1.85 bits per heavy atom. The van der Waals surface area contributed by atoms with E-state index in [1.54, 1.807) is 19.2 Å². The lowest BCUT2D eigenvalue weighted by Gasteiger charge is -2.13. The molecule has 0 aromatic heterocycles. The van der Waals surface area contributed by atoms with E-state index in [4.69, 9.17) is 4.74 Å². The molecule has 0 fully saturated rings. The highest BCUT2D eigenvalue weighted by Crippen LogP contribution is 2.08. The zero-order valence-electron chi connectivity index (χ0n) is 15.8. The summed E-state index contributed by atoms with van der Waals surface area (Å²) in [4.78, 5) is 4.21. The summed E-state index contributed by atoms with van der Waals surface area (Å²) < 4.78 is 19.3. The minimum atomic E-state index is -0.169. The smallest absolute Gasteiger partial charge is 0.191 e. The van der Waals surface area contributed by atoms with Gasteiger partial charge in [-0.05, 0) is 43.0 Å². The Balaban J connectivity index is 1.79. The Bertz CT molecular complexity index is 716. The molecule has 2 aromatic rings. The maximum atomic E-state index is 13.6. The summed E-state index contributed by atoms with van der Waals surface area (Å²) in [6.45, 7) is 5.95. The molecule has 0 saturated carbocycles. The maximum Gasteiger partial charge on any atom is 0.191 e. The zero-order chi connectivity index (χ0) is 18.8. The van der Waals surface area contributed by atoms with E-state index in [0.29, 0.717) is 37.6 Å². The van der Waals surface area contributed by atoms with Crippen molar-refractivity contribution < 1.29 is 9.13 Å². The van der Waals surface area contributed by atoms with Crippen LogP contribution in [-0.2, 0) is 24.3 Å². The molecule has 140 valence electrons. The summed E-state index contributed by atoms with van der Waals surface area (Å²) in [6.07, 6.45) is 0.823. The fourth-order valence-corrected chi connectivity index (χ4v) is 2.52. The molecule has 0 amide bonds. The second-order valence-corrected chi connectivity index (χ2v) is 6.37. The fourth-order valence-electron chi connectivity index (χ4n) is 2.52. The summed E-state index contributed by atoms with van der Waals surface area (Å²) >= 11 is 0. The molecule has 0 atom stereocenters. The maximum absolute atomic E-state index is 13.6. The Morgan fingerprint density at radius 1 is 1.08 bits per heavy atom. The van der Waals surface area contributed by atoms with Crippen LogP contribution in [0.25, 0.3) is 0 Å². The first-order valence-electron chi connectivity index (χ1n) is 8.96. The first-order valence-corrected chi connectivity index (χ1v) is 8.96. The number of ether oxygens (including phenoxy) is 1.